The summed E-state index contributed by atoms with van der Waals surface area (Å²) in [6.45, 7) is 4.85. The molecule has 0 aliphatic heterocycles. The van der Waals surface area contributed by atoms with Gasteiger partial charge in [-0.2, -0.15) is 0 Å². The number of urea groups is 1. The van der Waals surface area contributed by atoms with Gasteiger partial charge in [-0.3, -0.25) is 4.98 Å². The minimum absolute atomic E-state index is 0.0416. The molecular weight excluding hydrogens is 286 g/mol. The van der Waals surface area contributed by atoms with Gasteiger partial charge in [-0.15, -0.1) is 0 Å². The van der Waals surface area contributed by atoms with Crippen LogP contribution in [0.5, 0.6) is 0 Å². The van der Waals surface area contributed by atoms with Crippen molar-refractivity contribution >= 4 is 6.03 Å². The molecule has 0 fully saturated rings. The van der Waals surface area contributed by atoms with Crippen molar-refractivity contribution in [3.8, 4) is 0 Å². The van der Waals surface area contributed by atoms with Crippen LogP contribution >= 0.6 is 0 Å². The molecule has 0 saturated heterocycles. The van der Waals surface area contributed by atoms with E-state index in [0.29, 0.717) is 12.5 Å². The number of pyridine rings is 1. The summed E-state index contributed by atoms with van der Waals surface area (Å²) < 4.78 is 0. The summed E-state index contributed by atoms with van der Waals surface area (Å²) in [5.41, 5.74) is 4.88. The number of nitrogens with one attached hydrogen (secondary N) is 1. The number of amides is 2. The summed E-state index contributed by atoms with van der Waals surface area (Å²) in [6.07, 6.45) is 4.55. The van der Waals surface area contributed by atoms with E-state index in [2.05, 4.69) is 42.3 Å². The number of hydrogen-bond donors (Lipinski definition) is 1. The Morgan fingerprint density at radius 1 is 1.39 bits per heavy atom. The van der Waals surface area contributed by atoms with E-state index in [0.717, 1.165) is 12.0 Å². The highest BCUT2D eigenvalue weighted by molar-refractivity contribution is 5.74. The molecule has 0 spiro atoms. The number of carbonyl (C=O) groups excluding carboxylic acids is 1. The van der Waals surface area contributed by atoms with Crippen LogP contribution in [0.4, 0.5) is 4.79 Å². The Kier molecular flexibility index (Phi) is 4.33. The maximum Gasteiger partial charge on any atom is 0.317 e. The van der Waals surface area contributed by atoms with E-state index in [9.17, 15) is 4.79 Å². The third-order valence-corrected chi connectivity index (χ3v) is 4.52. The molecule has 120 valence electrons. The molecule has 1 heterocycles. The average molecular weight is 309 g/mol. The molecule has 0 saturated carbocycles. The van der Waals surface area contributed by atoms with Crippen molar-refractivity contribution in [2.45, 2.75) is 32.9 Å². The number of rotatable bonds is 3. The van der Waals surface area contributed by atoms with Crippen LogP contribution in [0.3, 0.4) is 0 Å². The van der Waals surface area contributed by atoms with Gasteiger partial charge in [0.05, 0.1) is 6.04 Å². The molecule has 2 amide bonds. The molecule has 1 aliphatic rings. The third-order valence-electron chi connectivity index (χ3n) is 4.52. The van der Waals surface area contributed by atoms with Crippen LogP contribution in [0.25, 0.3) is 0 Å². The zero-order valence-corrected chi connectivity index (χ0v) is 13.9. The molecular formula is C19H23N3O. The van der Waals surface area contributed by atoms with Crippen LogP contribution < -0.4 is 5.32 Å². The lowest BCUT2D eigenvalue weighted by Gasteiger charge is -2.24. The van der Waals surface area contributed by atoms with E-state index in [1.54, 1.807) is 17.3 Å². The second-order valence-electron chi connectivity index (χ2n) is 6.53. The van der Waals surface area contributed by atoms with Crippen molar-refractivity contribution in [2.75, 3.05) is 7.05 Å². The quantitative estimate of drug-likeness (QED) is 0.943. The van der Waals surface area contributed by atoms with E-state index < -0.39 is 0 Å². The predicted molar refractivity (Wildman–Crippen MR) is 91.0 cm³/mol. The lowest BCUT2D eigenvalue weighted by atomic mass is 10.0. The fourth-order valence-electron chi connectivity index (χ4n) is 3.26. The van der Waals surface area contributed by atoms with Crippen LogP contribution in [0.1, 0.15) is 35.2 Å². The topological polar surface area (TPSA) is 45.2 Å². The molecule has 0 bridgehead atoms. The van der Waals surface area contributed by atoms with Crippen molar-refractivity contribution in [3.05, 3.63) is 65.0 Å². The van der Waals surface area contributed by atoms with Gasteiger partial charge in [-0.05, 0) is 42.0 Å². The minimum Gasteiger partial charge on any atom is -0.331 e. The van der Waals surface area contributed by atoms with Gasteiger partial charge >= 0.3 is 6.03 Å². The fourth-order valence-corrected chi connectivity index (χ4v) is 3.26. The summed E-state index contributed by atoms with van der Waals surface area (Å²) in [5, 5.41) is 3.20. The smallest absolute Gasteiger partial charge is 0.317 e. The van der Waals surface area contributed by atoms with Crippen molar-refractivity contribution in [2.24, 2.45) is 5.92 Å². The first-order chi connectivity index (χ1) is 11.0. The zero-order valence-electron chi connectivity index (χ0n) is 13.9. The number of hydrogen-bond acceptors (Lipinski definition) is 2. The van der Waals surface area contributed by atoms with Gasteiger partial charge in [-0.1, -0.05) is 36.8 Å². The van der Waals surface area contributed by atoms with Gasteiger partial charge in [0.25, 0.3) is 0 Å². The van der Waals surface area contributed by atoms with Gasteiger partial charge < -0.3 is 10.2 Å². The van der Waals surface area contributed by atoms with E-state index in [1.165, 1.54) is 16.7 Å². The summed E-state index contributed by atoms with van der Waals surface area (Å²) in [4.78, 5) is 18.3. The van der Waals surface area contributed by atoms with Crippen molar-refractivity contribution in [1.82, 2.24) is 15.2 Å². The zero-order chi connectivity index (χ0) is 16.4. The number of fused-ring (bicyclic) bond motifs is 1. The average Bonchev–Trinajstić information content (AvgIpc) is 2.84. The Hall–Kier alpha value is -2.36. The SMILES string of the molecule is Cc1ccc2c(c1)[C@@H](NC(=O)N(C)Cc1cccnc1)[C@H](C)C2. The third kappa shape index (κ3) is 3.36. The van der Waals surface area contributed by atoms with Gasteiger partial charge in [0.2, 0.25) is 0 Å². The van der Waals surface area contributed by atoms with E-state index in [-0.39, 0.29) is 12.1 Å². The second-order valence-corrected chi connectivity index (χ2v) is 6.53. The van der Waals surface area contributed by atoms with Crippen LogP contribution in [-0.2, 0) is 13.0 Å². The van der Waals surface area contributed by atoms with E-state index in [4.69, 9.17) is 0 Å². The van der Waals surface area contributed by atoms with Gasteiger partial charge in [0, 0.05) is 26.0 Å². The van der Waals surface area contributed by atoms with Gasteiger partial charge in [0.1, 0.15) is 0 Å². The molecule has 23 heavy (non-hydrogen) atoms. The van der Waals surface area contributed by atoms with E-state index in [1.807, 2.05) is 19.2 Å². The normalized spacial score (nSPS) is 19.3. The number of aryl methyl sites for hydroxylation is 1. The number of carbonyl (C=O) groups is 1. The minimum atomic E-state index is -0.0416. The molecule has 0 radical (unpaired) electrons. The van der Waals surface area contributed by atoms with Crippen LogP contribution in [0, 0.1) is 12.8 Å². The molecule has 1 aromatic heterocycles. The first-order valence-corrected chi connectivity index (χ1v) is 8.04. The van der Waals surface area contributed by atoms with Crippen LogP contribution in [0.2, 0.25) is 0 Å². The highest BCUT2D eigenvalue weighted by Crippen LogP contribution is 2.36. The molecule has 1 aliphatic carbocycles. The summed E-state index contributed by atoms with van der Waals surface area (Å²) in [7, 11) is 1.82. The highest BCUT2D eigenvalue weighted by Gasteiger charge is 2.31. The van der Waals surface area contributed by atoms with Crippen LogP contribution in [-0.4, -0.2) is 23.0 Å². The summed E-state index contributed by atoms with van der Waals surface area (Å²) in [6, 6.07) is 10.4. The number of benzene rings is 1. The Morgan fingerprint density at radius 3 is 2.96 bits per heavy atom. The van der Waals surface area contributed by atoms with Crippen LogP contribution in [0.15, 0.2) is 42.7 Å². The van der Waals surface area contributed by atoms with Gasteiger partial charge in [0.15, 0.2) is 0 Å². The Morgan fingerprint density at radius 2 is 2.22 bits per heavy atom. The standard InChI is InChI=1S/C19H23N3O/c1-13-6-7-16-10-14(2)18(17(16)9-13)21-19(23)22(3)12-15-5-4-8-20-11-15/h4-9,11,14,18H,10,12H2,1-3H3,(H,21,23)/t14-,18+/m1/s1. The molecule has 3 rings (SSSR count). The maximum absolute atomic E-state index is 12.5. The van der Waals surface area contributed by atoms with Gasteiger partial charge in [-0.25, -0.2) is 4.79 Å². The molecule has 4 heteroatoms. The molecule has 1 N–H and O–H groups in total. The summed E-state index contributed by atoms with van der Waals surface area (Å²) in [5.74, 6) is 0.419. The first kappa shape index (κ1) is 15.5. The lowest BCUT2D eigenvalue weighted by molar-refractivity contribution is 0.199. The Bertz CT molecular complexity index is 699. The highest BCUT2D eigenvalue weighted by atomic mass is 16.2. The molecule has 4 nitrogen and oxygen atoms in total. The maximum atomic E-state index is 12.5. The molecule has 2 aromatic rings. The number of nitrogens with zero attached hydrogens (tertiary/aromatic N) is 2. The monoisotopic (exact) mass is 309 g/mol. The predicted octanol–water partition coefficient (Wildman–Crippen LogP) is 3.46. The molecule has 0 unspecified atom stereocenters. The van der Waals surface area contributed by atoms with Crippen molar-refractivity contribution in [1.29, 1.82) is 0 Å². The Labute approximate surface area is 137 Å². The lowest BCUT2D eigenvalue weighted by Crippen LogP contribution is -2.40. The second kappa shape index (κ2) is 6.41. The van der Waals surface area contributed by atoms with E-state index >= 15 is 0 Å². The largest absolute Gasteiger partial charge is 0.331 e. The van der Waals surface area contributed by atoms with Crippen molar-refractivity contribution in [3.63, 3.8) is 0 Å². The molecule has 1 aromatic carbocycles. The number of aromatic nitrogens is 1. The molecule has 2 atom stereocenters. The summed E-state index contributed by atoms with van der Waals surface area (Å²) >= 11 is 0. The van der Waals surface area contributed by atoms with Crippen molar-refractivity contribution < 1.29 is 4.79 Å². The first-order valence-electron chi connectivity index (χ1n) is 8.04. The fraction of sp³-hybridized carbons (Fsp3) is 0.368. The Balaban J connectivity index is 1.69.